The largest absolute Gasteiger partial charge is 0.335 e. The van der Waals surface area contributed by atoms with E-state index in [-0.39, 0.29) is 5.57 Å². The van der Waals surface area contributed by atoms with Gasteiger partial charge in [0.1, 0.15) is 5.57 Å². The molecule has 4 amide bonds. The Labute approximate surface area is 134 Å². The minimum absolute atomic E-state index is 0.0899. The molecule has 0 aliphatic carbocycles. The highest BCUT2D eigenvalue weighted by Crippen LogP contribution is 2.23. The Morgan fingerprint density at radius 2 is 1.82 bits per heavy atom. The van der Waals surface area contributed by atoms with Gasteiger partial charge in [0.15, 0.2) is 0 Å². The lowest BCUT2D eigenvalue weighted by Crippen LogP contribution is -2.54. The van der Waals surface area contributed by atoms with Gasteiger partial charge in [0.05, 0.1) is 5.69 Å². The molecule has 2 aromatic rings. The minimum atomic E-state index is -0.778. The number of nitrogens with zero attached hydrogens (tertiary/aromatic N) is 1. The minimum Gasteiger partial charge on any atom is -0.273 e. The lowest BCUT2D eigenvalue weighted by Gasteiger charge is -2.26. The molecule has 1 aromatic carbocycles. The maximum Gasteiger partial charge on any atom is 0.335 e. The summed E-state index contributed by atoms with van der Waals surface area (Å²) in [6, 6.07) is 7.21. The quantitative estimate of drug-likeness (QED) is 0.679. The predicted molar refractivity (Wildman–Crippen MR) is 84.8 cm³/mol. The van der Waals surface area contributed by atoms with Gasteiger partial charge < -0.3 is 0 Å². The van der Waals surface area contributed by atoms with Crippen LogP contribution in [0, 0.1) is 0 Å². The molecule has 0 unspecified atom stereocenters. The first-order chi connectivity index (χ1) is 10.6. The van der Waals surface area contributed by atoms with Gasteiger partial charge in [0, 0.05) is 5.02 Å². The number of amides is 4. The fourth-order valence-corrected chi connectivity index (χ4v) is 2.75. The molecule has 1 N–H and O–H groups in total. The van der Waals surface area contributed by atoms with Crippen LogP contribution in [-0.4, -0.2) is 17.8 Å². The summed E-state index contributed by atoms with van der Waals surface area (Å²) in [6.07, 6.45) is 1.46. The van der Waals surface area contributed by atoms with Gasteiger partial charge in [-0.15, -0.1) is 0 Å². The molecule has 1 fully saturated rings. The van der Waals surface area contributed by atoms with E-state index in [0.29, 0.717) is 10.7 Å². The van der Waals surface area contributed by atoms with E-state index in [4.69, 9.17) is 11.6 Å². The topological polar surface area (TPSA) is 66.5 Å². The normalized spacial score (nSPS) is 17.0. The van der Waals surface area contributed by atoms with Crippen LogP contribution in [0.4, 0.5) is 10.5 Å². The van der Waals surface area contributed by atoms with Crippen molar-refractivity contribution in [3.05, 3.63) is 57.3 Å². The molecule has 22 heavy (non-hydrogen) atoms. The summed E-state index contributed by atoms with van der Waals surface area (Å²) in [7, 11) is 0. The molecule has 1 aromatic heterocycles. The van der Waals surface area contributed by atoms with Crippen molar-refractivity contribution in [1.82, 2.24) is 5.32 Å². The summed E-state index contributed by atoms with van der Waals surface area (Å²) in [5, 5.41) is 6.28. The highest BCUT2D eigenvalue weighted by Gasteiger charge is 2.36. The van der Waals surface area contributed by atoms with Gasteiger partial charge in [0.2, 0.25) is 0 Å². The second-order valence-corrected chi connectivity index (χ2v) is 5.71. The van der Waals surface area contributed by atoms with E-state index in [1.807, 2.05) is 5.38 Å². The molecule has 110 valence electrons. The number of imide groups is 2. The Morgan fingerprint density at radius 3 is 2.45 bits per heavy atom. The SMILES string of the molecule is O=C1NC(=O)N(c2ccc(Cl)cc2)C(=O)/C1=C/c1ccsc1. The maximum absolute atomic E-state index is 12.5. The third-order valence-corrected chi connectivity index (χ3v) is 3.99. The van der Waals surface area contributed by atoms with Gasteiger partial charge in [-0.1, -0.05) is 11.6 Å². The molecule has 7 heteroatoms. The molecule has 5 nitrogen and oxygen atoms in total. The van der Waals surface area contributed by atoms with E-state index < -0.39 is 17.8 Å². The summed E-state index contributed by atoms with van der Waals surface area (Å²) < 4.78 is 0. The van der Waals surface area contributed by atoms with Crippen molar-refractivity contribution in [2.75, 3.05) is 4.90 Å². The molecule has 0 radical (unpaired) electrons. The lowest BCUT2D eigenvalue weighted by molar-refractivity contribution is -0.122. The highest BCUT2D eigenvalue weighted by atomic mass is 35.5. The number of hydrogen-bond donors (Lipinski definition) is 1. The molecular weight excluding hydrogens is 324 g/mol. The second kappa shape index (κ2) is 5.75. The van der Waals surface area contributed by atoms with Crippen molar-refractivity contribution < 1.29 is 14.4 Å². The van der Waals surface area contributed by atoms with Crippen LogP contribution in [0.15, 0.2) is 46.7 Å². The van der Waals surface area contributed by atoms with Crippen LogP contribution in [-0.2, 0) is 9.59 Å². The van der Waals surface area contributed by atoms with Gasteiger partial charge >= 0.3 is 6.03 Å². The van der Waals surface area contributed by atoms with E-state index in [1.54, 1.807) is 23.6 Å². The first-order valence-corrected chi connectivity index (χ1v) is 7.57. The van der Waals surface area contributed by atoms with Gasteiger partial charge in [-0.25, -0.2) is 9.69 Å². The molecule has 3 rings (SSSR count). The molecule has 0 spiro atoms. The average molecular weight is 333 g/mol. The van der Waals surface area contributed by atoms with E-state index >= 15 is 0 Å². The Balaban J connectivity index is 2.01. The Kier molecular flexibility index (Phi) is 3.79. The molecule has 2 heterocycles. The Hall–Kier alpha value is -2.44. The molecular formula is C15H9ClN2O3S. The van der Waals surface area contributed by atoms with Crippen LogP contribution in [0.5, 0.6) is 0 Å². The molecule has 1 aliphatic heterocycles. The van der Waals surface area contributed by atoms with Gasteiger partial charge in [-0.2, -0.15) is 11.3 Å². The third-order valence-electron chi connectivity index (χ3n) is 3.04. The molecule has 0 bridgehead atoms. The fraction of sp³-hybridized carbons (Fsp3) is 0. The van der Waals surface area contributed by atoms with Gasteiger partial charge in [0.25, 0.3) is 11.8 Å². The van der Waals surface area contributed by atoms with E-state index in [1.165, 1.54) is 29.5 Å². The Bertz CT molecular complexity index is 782. The van der Waals surface area contributed by atoms with Crippen molar-refractivity contribution >= 4 is 52.5 Å². The second-order valence-electron chi connectivity index (χ2n) is 4.49. The summed E-state index contributed by atoms with van der Waals surface area (Å²) in [6.45, 7) is 0. The standard InChI is InChI=1S/C15H9ClN2O3S/c16-10-1-3-11(4-2-10)18-14(20)12(13(19)17-15(18)21)7-9-5-6-22-8-9/h1-8H,(H,17,19,21)/b12-7+. The van der Waals surface area contributed by atoms with E-state index in [9.17, 15) is 14.4 Å². The van der Waals surface area contributed by atoms with Crippen LogP contribution in [0.25, 0.3) is 6.08 Å². The number of anilines is 1. The van der Waals surface area contributed by atoms with Gasteiger partial charge in [-0.3, -0.25) is 14.9 Å². The van der Waals surface area contributed by atoms with Crippen molar-refractivity contribution in [2.45, 2.75) is 0 Å². The zero-order chi connectivity index (χ0) is 15.7. The molecule has 1 aliphatic rings. The summed E-state index contributed by atoms with van der Waals surface area (Å²) in [5.74, 6) is -1.37. The predicted octanol–water partition coefficient (Wildman–Crippen LogP) is 3.07. The number of carbonyl (C=O) groups excluding carboxylic acids is 3. The number of hydrogen-bond acceptors (Lipinski definition) is 4. The smallest absolute Gasteiger partial charge is 0.273 e. The number of benzene rings is 1. The van der Waals surface area contributed by atoms with E-state index in [0.717, 1.165) is 10.5 Å². The van der Waals surface area contributed by atoms with Crippen LogP contribution in [0.1, 0.15) is 5.56 Å². The third kappa shape index (κ3) is 2.66. The average Bonchev–Trinajstić information content (AvgIpc) is 2.98. The number of rotatable bonds is 2. The molecule has 0 atom stereocenters. The number of halogens is 1. The van der Waals surface area contributed by atoms with Crippen molar-refractivity contribution in [3.8, 4) is 0 Å². The summed E-state index contributed by atoms with van der Waals surface area (Å²) in [4.78, 5) is 37.3. The highest BCUT2D eigenvalue weighted by molar-refractivity contribution is 7.08. The zero-order valence-corrected chi connectivity index (χ0v) is 12.6. The van der Waals surface area contributed by atoms with Gasteiger partial charge in [-0.05, 0) is 52.7 Å². The number of carbonyl (C=O) groups is 3. The monoisotopic (exact) mass is 332 g/mol. The van der Waals surface area contributed by atoms with Crippen LogP contribution in [0.2, 0.25) is 5.02 Å². The first kappa shape index (κ1) is 14.5. The van der Waals surface area contributed by atoms with Crippen LogP contribution >= 0.6 is 22.9 Å². The summed E-state index contributed by atoms with van der Waals surface area (Å²) in [5.41, 5.74) is 0.984. The van der Waals surface area contributed by atoms with Crippen molar-refractivity contribution in [2.24, 2.45) is 0 Å². The maximum atomic E-state index is 12.5. The van der Waals surface area contributed by atoms with Crippen molar-refractivity contribution in [1.29, 1.82) is 0 Å². The fourth-order valence-electron chi connectivity index (χ4n) is 2.01. The summed E-state index contributed by atoms with van der Waals surface area (Å²) >= 11 is 7.25. The Morgan fingerprint density at radius 1 is 1.09 bits per heavy atom. The zero-order valence-electron chi connectivity index (χ0n) is 11.1. The van der Waals surface area contributed by atoms with Crippen LogP contribution < -0.4 is 10.2 Å². The first-order valence-electron chi connectivity index (χ1n) is 6.25. The molecule has 1 saturated heterocycles. The molecule has 0 saturated carbocycles. The van der Waals surface area contributed by atoms with E-state index in [2.05, 4.69) is 5.32 Å². The lowest BCUT2D eigenvalue weighted by atomic mass is 10.1. The number of nitrogens with one attached hydrogen (secondary N) is 1. The van der Waals surface area contributed by atoms with Crippen molar-refractivity contribution in [3.63, 3.8) is 0 Å². The van der Waals surface area contributed by atoms with Crippen LogP contribution in [0.3, 0.4) is 0 Å². The number of urea groups is 1. The number of barbiturate groups is 1. The number of thiophene rings is 1.